The van der Waals surface area contributed by atoms with Crippen molar-refractivity contribution in [3.8, 4) is 33.9 Å². The summed E-state index contributed by atoms with van der Waals surface area (Å²) in [6, 6.07) is 13.8. The number of urea groups is 1. The average molecular weight is 442 g/mol. The Morgan fingerprint density at radius 1 is 0.969 bits per heavy atom. The van der Waals surface area contributed by atoms with Crippen LogP contribution in [0.25, 0.3) is 28.0 Å². The number of pyridine rings is 1. The van der Waals surface area contributed by atoms with Crippen molar-refractivity contribution < 1.29 is 28.2 Å². The fourth-order valence-corrected chi connectivity index (χ4v) is 3.19. The normalized spacial score (nSPS) is 11.5. The Morgan fingerprint density at radius 3 is 2.50 bits per heavy atom. The summed E-state index contributed by atoms with van der Waals surface area (Å²) in [4.78, 5) is 16.1. The van der Waals surface area contributed by atoms with Crippen molar-refractivity contribution >= 4 is 17.4 Å². The van der Waals surface area contributed by atoms with E-state index >= 15 is 0 Å². The van der Waals surface area contributed by atoms with E-state index in [4.69, 9.17) is 0 Å². The first kappa shape index (κ1) is 21.0. The van der Waals surface area contributed by atoms with Crippen LogP contribution in [0.4, 0.5) is 23.7 Å². The second-order valence-corrected chi connectivity index (χ2v) is 6.99. The van der Waals surface area contributed by atoms with Gasteiger partial charge < -0.3 is 20.8 Å². The molecule has 0 aliphatic heterocycles. The van der Waals surface area contributed by atoms with E-state index in [0.29, 0.717) is 28.2 Å². The van der Waals surface area contributed by atoms with Crippen molar-refractivity contribution in [3.63, 3.8) is 0 Å². The van der Waals surface area contributed by atoms with Crippen molar-refractivity contribution in [3.05, 3.63) is 67.0 Å². The van der Waals surface area contributed by atoms with E-state index in [9.17, 15) is 28.2 Å². The van der Waals surface area contributed by atoms with Crippen molar-refractivity contribution in [1.29, 1.82) is 0 Å². The number of imidazole rings is 1. The van der Waals surface area contributed by atoms with Crippen molar-refractivity contribution in [2.24, 2.45) is 0 Å². The highest BCUT2D eigenvalue weighted by atomic mass is 19.4. The van der Waals surface area contributed by atoms with E-state index in [1.165, 1.54) is 12.1 Å². The monoisotopic (exact) mass is 442 g/mol. The molecule has 0 aliphatic rings. The number of alkyl halides is 3. The number of rotatable bonds is 4. The van der Waals surface area contributed by atoms with Crippen LogP contribution < -0.4 is 10.6 Å². The summed E-state index contributed by atoms with van der Waals surface area (Å²) < 4.78 is 38.6. The number of aromatic hydroxyl groups is 2. The predicted molar refractivity (Wildman–Crippen MR) is 112 cm³/mol. The molecule has 0 unspecified atom stereocenters. The van der Waals surface area contributed by atoms with Crippen LogP contribution in [0.5, 0.6) is 11.5 Å². The minimum absolute atomic E-state index is 0.210. The maximum absolute atomic E-state index is 12.3. The number of hydrogen-bond donors (Lipinski definition) is 4. The molecule has 4 rings (SSSR count). The zero-order chi connectivity index (χ0) is 22.9. The second-order valence-electron chi connectivity index (χ2n) is 6.99. The first-order chi connectivity index (χ1) is 15.2. The fourth-order valence-electron chi connectivity index (χ4n) is 3.19. The Hall–Kier alpha value is -4.21. The summed E-state index contributed by atoms with van der Waals surface area (Å²) in [7, 11) is 0. The maximum atomic E-state index is 12.3. The quantitative estimate of drug-likeness (QED) is 0.343. The van der Waals surface area contributed by atoms with E-state index in [-0.39, 0.29) is 11.5 Å². The first-order valence-electron chi connectivity index (χ1n) is 9.41. The fraction of sp³-hybridized carbons (Fsp3) is 0.0909. The third-order valence-corrected chi connectivity index (χ3v) is 4.69. The van der Waals surface area contributed by atoms with Gasteiger partial charge in [0.05, 0.1) is 11.9 Å². The molecule has 32 heavy (non-hydrogen) atoms. The summed E-state index contributed by atoms with van der Waals surface area (Å²) in [5.41, 5.74) is 3.82. The Morgan fingerprint density at radius 2 is 1.75 bits per heavy atom. The molecular formula is C22H17F3N4O3. The van der Waals surface area contributed by atoms with Crippen molar-refractivity contribution in [1.82, 2.24) is 14.7 Å². The molecule has 0 radical (unpaired) electrons. The van der Waals surface area contributed by atoms with Gasteiger partial charge in [0.15, 0.2) is 11.5 Å². The third kappa shape index (κ3) is 4.59. The SMILES string of the molecule is O=C(NCC(F)(F)F)Nc1cccc(-c2cnc3cc(-c4ccc(O)c(O)c4)ccn23)c1. The van der Waals surface area contributed by atoms with Gasteiger partial charge in [-0.2, -0.15) is 13.2 Å². The average Bonchev–Trinajstić information content (AvgIpc) is 3.17. The van der Waals surface area contributed by atoms with Gasteiger partial charge in [-0.05, 0) is 47.5 Å². The minimum atomic E-state index is -4.49. The molecule has 2 heterocycles. The zero-order valence-corrected chi connectivity index (χ0v) is 16.4. The van der Waals surface area contributed by atoms with Gasteiger partial charge >= 0.3 is 12.2 Å². The van der Waals surface area contributed by atoms with Crippen LogP contribution in [-0.2, 0) is 0 Å². The molecule has 10 heteroatoms. The van der Waals surface area contributed by atoms with Gasteiger partial charge in [-0.25, -0.2) is 9.78 Å². The number of hydrogen-bond acceptors (Lipinski definition) is 4. The summed E-state index contributed by atoms with van der Waals surface area (Å²) in [6.45, 7) is -1.42. The highest BCUT2D eigenvalue weighted by molar-refractivity contribution is 5.90. The minimum Gasteiger partial charge on any atom is -0.504 e. The second kappa shape index (κ2) is 8.14. The molecule has 0 atom stereocenters. The van der Waals surface area contributed by atoms with Crippen LogP contribution in [-0.4, -0.2) is 38.3 Å². The van der Waals surface area contributed by atoms with Gasteiger partial charge in [-0.3, -0.25) is 4.40 Å². The number of nitrogens with one attached hydrogen (secondary N) is 2. The maximum Gasteiger partial charge on any atom is 0.405 e. The number of benzene rings is 2. The summed E-state index contributed by atoms with van der Waals surface area (Å²) in [5, 5.41) is 23.4. The molecule has 0 saturated carbocycles. The van der Waals surface area contributed by atoms with E-state index in [2.05, 4.69) is 10.3 Å². The molecule has 0 fully saturated rings. The topological polar surface area (TPSA) is 98.9 Å². The lowest BCUT2D eigenvalue weighted by Crippen LogP contribution is -2.36. The molecule has 4 aromatic rings. The van der Waals surface area contributed by atoms with E-state index < -0.39 is 18.8 Å². The summed E-state index contributed by atoms with van der Waals surface area (Å²) >= 11 is 0. The van der Waals surface area contributed by atoms with Crippen LogP contribution in [0.1, 0.15) is 0 Å². The largest absolute Gasteiger partial charge is 0.504 e. The molecule has 0 spiro atoms. The zero-order valence-electron chi connectivity index (χ0n) is 16.4. The number of aromatic nitrogens is 2. The molecule has 2 aromatic carbocycles. The van der Waals surface area contributed by atoms with Gasteiger partial charge in [-0.15, -0.1) is 0 Å². The molecule has 2 amide bonds. The van der Waals surface area contributed by atoms with Crippen LogP contribution in [0.3, 0.4) is 0 Å². The summed E-state index contributed by atoms with van der Waals surface area (Å²) in [5.74, 6) is -0.437. The highest BCUT2D eigenvalue weighted by Gasteiger charge is 2.27. The van der Waals surface area contributed by atoms with Gasteiger partial charge in [-0.1, -0.05) is 18.2 Å². The number of anilines is 1. The lowest BCUT2D eigenvalue weighted by atomic mass is 10.1. The Balaban J connectivity index is 1.58. The Labute approximate surface area is 179 Å². The standard InChI is InChI=1S/C22H17F3N4O3/c23-22(24,25)12-27-21(32)28-16-3-1-2-15(8-16)17-11-26-20-10-14(6-7-29(17)20)13-4-5-18(30)19(31)9-13/h1-11,30-31H,12H2,(H2,27,28,32). The Bertz CT molecular complexity index is 1300. The first-order valence-corrected chi connectivity index (χ1v) is 9.41. The smallest absolute Gasteiger partial charge is 0.405 e. The third-order valence-electron chi connectivity index (χ3n) is 4.69. The van der Waals surface area contributed by atoms with Gasteiger partial charge in [0.2, 0.25) is 0 Å². The van der Waals surface area contributed by atoms with E-state index in [1.54, 1.807) is 48.0 Å². The number of halogens is 3. The van der Waals surface area contributed by atoms with E-state index in [0.717, 1.165) is 5.56 Å². The molecule has 0 bridgehead atoms. The van der Waals surface area contributed by atoms with Gasteiger partial charge in [0.25, 0.3) is 0 Å². The van der Waals surface area contributed by atoms with Crippen molar-refractivity contribution in [2.45, 2.75) is 6.18 Å². The number of amides is 2. The number of carbonyl (C=O) groups excluding carboxylic acids is 1. The molecular weight excluding hydrogens is 425 g/mol. The molecule has 4 N–H and O–H groups in total. The van der Waals surface area contributed by atoms with Crippen LogP contribution in [0.2, 0.25) is 0 Å². The Kier molecular flexibility index (Phi) is 5.35. The molecule has 7 nitrogen and oxygen atoms in total. The number of fused-ring (bicyclic) bond motifs is 1. The molecule has 0 aliphatic carbocycles. The van der Waals surface area contributed by atoms with Crippen molar-refractivity contribution in [2.75, 3.05) is 11.9 Å². The summed E-state index contributed by atoms with van der Waals surface area (Å²) in [6.07, 6.45) is -1.07. The van der Waals surface area contributed by atoms with Gasteiger partial charge in [0, 0.05) is 17.4 Å². The highest BCUT2D eigenvalue weighted by Crippen LogP contribution is 2.32. The lowest BCUT2D eigenvalue weighted by Gasteiger charge is -2.11. The number of phenols is 2. The number of carbonyl (C=O) groups is 1. The van der Waals surface area contributed by atoms with Crippen LogP contribution >= 0.6 is 0 Å². The van der Waals surface area contributed by atoms with E-state index in [1.807, 2.05) is 16.5 Å². The predicted octanol–water partition coefficient (Wildman–Crippen LogP) is 4.76. The molecule has 164 valence electrons. The molecule has 2 aromatic heterocycles. The van der Waals surface area contributed by atoms with Gasteiger partial charge in [0.1, 0.15) is 12.2 Å². The van der Waals surface area contributed by atoms with Crippen LogP contribution in [0.15, 0.2) is 67.0 Å². The lowest BCUT2D eigenvalue weighted by molar-refractivity contribution is -0.122. The number of phenolic OH excluding ortho intramolecular Hbond substituents is 2. The molecule has 0 saturated heterocycles. The number of nitrogens with zero attached hydrogens (tertiary/aromatic N) is 2. The van der Waals surface area contributed by atoms with Crippen LogP contribution in [0, 0.1) is 0 Å².